The van der Waals surface area contributed by atoms with Gasteiger partial charge >= 0.3 is 0 Å². The van der Waals surface area contributed by atoms with Crippen LogP contribution in [0, 0.1) is 0 Å². The van der Waals surface area contributed by atoms with Gasteiger partial charge in [0, 0.05) is 18.5 Å². The van der Waals surface area contributed by atoms with Gasteiger partial charge in [-0.1, -0.05) is 30.3 Å². The summed E-state index contributed by atoms with van der Waals surface area (Å²) in [5, 5.41) is 2.84. The van der Waals surface area contributed by atoms with Crippen molar-refractivity contribution in [2.24, 2.45) is 0 Å². The molecular formula is C16H14N2O2. The van der Waals surface area contributed by atoms with Crippen molar-refractivity contribution in [2.45, 2.75) is 12.8 Å². The number of anilines is 1. The molecular weight excluding hydrogens is 252 g/mol. The Kier molecular flexibility index (Phi) is 3.46. The third-order valence-corrected chi connectivity index (χ3v) is 2.96. The molecule has 1 N–H and O–H groups in total. The molecule has 1 heterocycles. The Hall–Kier alpha value is -2.62. The van der Waals surface area contributed by atoms with Crippen LogP contribution in [0.25, 0.3) is 11.1 Å². The van der Waals surface area contributed by atoms with E-state index in [1.807, 2.05) is 54.6 Å². The quantitative estimate of drug-likeness (QED) is 0.787. The number of carbonyl (C=O) groups excluding carboxylic acids is 1. The smallest absolute Gasteiger partial charge is 0.224 e. The molecule has 0 spiro atoms. The second kappa shape index (κ2) is 5.57. The van der Waals surface area contributed by atoms with Gasteiger partial charge in [-0.3, -0.25) is 4.79 Å². The number of carbonyl (C=O) groups is 1. The van der Waals surface area contributed by atoms with E-state index in [1.54, 1.807) is 0 Å². The van der Waals surface area contributed by atoms with Gasteiger partial charge in [0.25, 0.3) is 0 Å². The van der Waals surface area contributed by atoms with E-state index in [-0.39, 0.29) is 5.91 Å². The number of rotatable bonds is 4. The molecule has 4 heteroatoms. The summed E-state index contributed by atoms with van der Waals surface area (Å²) >= 11 is 0. The van der Waals surface area contributed by atoms with Crippen molar-refractivity contribution in [1.82, 2.24) is 4.98 Å². The van der Waals surface area contributed by atoms with E-state index in [4.69, 9.17) is 4.42 Å². The molecule has 0 aliphatic heterocycles. The molecule has 100 valence electrons. The maximum atomic E-state index is 11.8. The summed E-state index contributed by atoms with van der Waals surface area (Å²) in [4.78, 5) is 16.2. The Bertz CT molecular complexity index is 686. The fourth-order valence-corrected chi connectivity index (χ4v) is 1.99. The third kappa shape index (κ3) is 2.85. The molecule has 1 amide bonds. The molecule has 3 rings (SSSR count). The minimum atomic E-state index is -0.0431. The zero-order valence-electron chi connectivity index (χ0n) is 10.9. The number of hydrogen-bond acceptors (Lipinski definition) is 3. The van der Waals surface area contributed by atoms with Gasteiger partial charge in [-0.15, -0.1) is 0 Å². The van der Waals surface area contributed by atoms with Crippen molar-refractivity contribution < 1.29 is 9.21 Å². The monoisotopic (exact) mass is 266 g/mol. The van der Waals surface area contributed by atoms with Crippen LogP contribution in [0.4, 0.5) is 5.69 Å². The molecule has 0 unspecified atom stereocenters. The summed E-state index contributed by atoms with van der Waals surface area (Å²) in [6, 6.07) is 17.0. The molecule has 0 atom stereocenters. The van der Waals surface area contributed by atoms with Crippen molar-refractivity contribution in [3.63, 3.8) is 0 Å². The first kappa shape index (κ1) is 12.4. The fourth-order valence-electron chi connectivity index (χ4n) is 1.99. The standard InChI is InChI=1S/C16H14N2O2/c19-15(17-12-6-2-1-3-7-12)10-11-16-18-13-8-4-5-9-14(13)20-16/h1-9H,10-11H2,(H,17,19). The second-order valence-electron chi connectivity index (χ2n) is 4.49. The maximum absolute atomic E-state index is 11.8. The predicted octanol–water partition coefficient (Wildman–Crippen LogP) is 3.40. The highest BCUT2D eigenvalue weighted by molar-refractivity contribution is 5.90. The van der Waals surface area contributed by atoms with E-state index in [0.29, 0.717) is 18.7 Å². The average Bonchev–Trinajstić information content (AvgIpc) is 2.89. The minimum Gasteiger partial charge on any atom is -0.441 e. The SMILES string of the molecule is O=C(CCc1nc2ccccc2o1)Nc1ccccc1. The molecule has 0 bridgehead atoms. The maximum Gasteiger partial charge on any atom is 0.224 e. The number of nitrogens with one attached hydrogen (secondary N) is 1. The molecule has 0 radical (unpaired) electrons. The predicted molar refractivity (Wildman–Crippen MR) is 77.4 cm³/mol. The number of amides is 1. The average molecular weight is 266 g/mol. The highest BCUT2D eigenvalue weighted by atomic mass is 16.3. The topological polar surface area (TPSA) is 55.1 Å². The number of hydrogen-bond donors (Lipinski definition) is 1. The zero-order valence-corrected chi connectivity index (χ0v) is 10.9. The lowest BCUT2D eigenvalue weighted by atomic mass is 10.2. The van der Waals surface area contributed by atoms with E-state index in [0.717, 1.165) is 16.8 Å². The van der Waals surface area contributed by atoms with Crippen LogP contribution < -0.4 is 5.32 Å². The van der Waals surface area contributed by atoms with Gasteiger partial charge in [0.05, 0.1) is 0 Å². The summed E-state index contributed by atoms with van der Waals surface area (Å²) in [6.07, 6.45) is 0.842. The Labute approximate surface area is 116 Å². The Morgan fingerprint density at radius 1 is 1.05 bits per heavy atom. The largest absolute Gasteiger partial charge is 0.441 e. The first-order chi connectivity index (χ1) is 9.81. The van der Waals surface area contributed by atoms with Gasteiger partial charge in [0.1, 0.15) is 5.52 Å². The van der Waals surface area contributed by atoms with Crippen LogP contribution >= 0.6 is 0 Å². The number of fused-ring (bicyclic) bond motifs is 1. The number of aromatic nitrogens is 1. The normalized spacial score (nSPS) is 10.6. The lowest BCUT2D eigenvalue weighted by molar-refractivity contribution is -0.116. The first-order valence-corrected chi connectivity index (χ1v) is 6.50. The molecule has 0 aliphatic carbocycles. The fraction of sp³-hybridized carbons (Fsp3) is 0.125. The highest BCUT2D eigenvalue weighted by Gasteiger charge is 2.08. The van der Waals surface area contributed by atoms with Crippen molar-refractivity contribution in [2.75, 3.05) is 5.32 Å². The Morgan fingerprint density at radius 2 is 1.80 bits per heavy atom. The number of para-hydroxylation sites is 3. The minimum absolute atomic E-state index is 0.0431. The summed E-state index contributed by atoms with van der Waals surface area (Å²) in [5.74, 6) is 0.549. The summed E-state index contributed by atoms with van der Waals surface area (Å²) in [7, 11) is 0. The molecule has 4 nitrogen and oxygen atoms in total. The molecule has 0 aliphatic rings. The molecule has 0 saturated carbocycles. The molecule has 3 aromatic rings. The summed E-state index contributed by atoms with van der Waals surface area (Å²) < 4.78 is 5.58. The van der Waals surface area contributed by atoms with Crippen molar-refractivity contribution in [3.8, 4) is 0 Å². The van der Waals surface area contributed by atoms with Gasteiger partial charge in [-0.05, 0) is 24.3 Å². The highest BCUT2D eigenvalue weighted by Crippen LogP contribution is 2.16. The van der Waals surface area contributed by atoms with Crippen LogP contribution in [0.15, 0.2) is 59.0 Å². The van der Waals surface area contributed by atoms with E-state index in [2.05, 4.69) is 10.3 Å². The first-order valence-electron chi connectivity index (χ1n) is 6.50. The summed E-state index contributed by atoms with van der Waals surface area (Å²) in [6.45, 7) is 0. The van der Waals surface area contributed by atoms with E-state index in [1.165, 1.54) is 0 Å². The van der Waals surface area contributed by atoms with Crippen LogP contribution in [0.2, 0.25) is 0 Å². The molecule has 0 saturated heterocycles. The number of oxazole rings is 1. The van der Waals surface area contributed by atoms with Gasteiger partial charge < -0.3 is 9.73 Å². The molecule has 0 fully saturated rings. The lowest BCUT2D eigenvalue weighted by Gasteiger charge is -2.03. The Morgan fingerprint density at radius 3 is 2.60 bits per heavy atom. The van der Waals surface area contributed by atoms with Crippen molar-refractivity contribution >= 4 is 22.7 Å². The molecule has 2 aromatic carbocycles. The molecule has 1 aromatic heterocycles. The van der Waals surface area contributed by atoms with Gasteiger partial charge in [0.2, 0.25) is 5.91 Å². The van der Waals surface area contributed by atoms with Crippen LogP contribution in [-0.2, 0) is 11.2 Å². The van der Waals surface area contributed by atoms with Crippen LogP contribution in [0.1, 0.15) is 12.3 Å². The van der Waals surface area contributed by atoms with Crippen LogP contribution in [-0.4, -0.2) is 10.9 Å². The zero-order chi connectivity index (χ0) is 13.8. The summed E-state index contributed by atoms with van der Waals surface area (Å²) in [5.41, 5.74) is 2.38. The second-order valence-corrected chi connectivity index (χ2v) is 4.49. The van der Waals surface area contributed by atoms with E-state index < -0.39 is 0 Å². The van der Waals surface area contributed by atoms with E-state index in [9.17, 15) is 4.79 Å². The Balaban J connectivity index is 1.60. The van der Waals surface area contributed by atoms with Crippen molar-refractivity contribution in [3.05, 3.63) is 60.5 Å². The number of aryl methyl sites for hydroxylation is 1. The van der Waals surface area contributed by atoms with Gasteiger partial charge in [-0.25, -0.2) is 4.98 Å². The lowest BCUT2D eigenvalue weighted by Crippen LogP contribution is -2.12. The van der Waals surface area contributed by atoms with Crippen molar-refractivity contribution in [1.29, 1.82) is 0 Å². The van der Waals surface area contributed by atoms with Crippen LogP contribution in [0.5, 0.6) is 0 Å². The number of benzene rings is 2. The number of nitrogens with zero attached hydrogens (tertiary/aromatic N) is 1. The van der Waals surface area contributed by atoms with Gasteiger partial charge in [-0.2, -0.15) is 0 Å². The van der Waals surface area contributed by atoms with E-state index >= 15 is 0 Å². The molecule has 20 heavy (non-hydrogen) atoms. The van der Waals surface area contributed by atoms with Gasteiger partial charge in [0.15, 0.2) is 11.5 Å². The third-order valence-electron chi connectivity index (χ3n) is 2.96. The van der Waals surface area contributed by atoms with Crippen LogP contribution in [0.3, 0.4) is 0 Å².